The van der Waals surface area contributed by atoms with Crippen LogP contribution in [0.5, 0.6) is 0 Å². The van der Waals surface area contributed by atoms with E-state index in [-0.39, 0.29) is 5.41 Å². The Morgan fingerprint density at radius 1 is 1.20 bits per heavy atom. The van der Waals surface area contributed by atoms with Crippen molar-refractivity contribution in [1.82, 2.24) is 15.3 Å². The van der Waals surface area contributed by atoms with E-state index in [0.717, 1.165) is 25.8 Å². The van der Waals surface area contributed by atoms with Crippen molar-refractivity contribution in [3.63, 3.8) is 0 Å². The predicted molar refractivity (Wildman–Crippen MR) is 83.9 cm³/mol. The summed E-state index contributed by atoms with van der Waals surface area (Å²) in [5.41, 5.74) is 4.26. The van der Waals surface area contributed by atoms with E-state index in [1.807, 2.05) is 0 Å². The summed E-state index contributed by atoms with van der Waals surface area (Å²) in [5.74, 6) is 0. The first-order chi connectivity index (χ1) is 9.52. The van der Waals surface area contributed by atoms with Gasteiger partial charge in [0, 0.05) is 23.9 Å². The molecule has 1 aliphatic rings. The number of aryl methyl sites for hydroxylation is 1. The summed E-state index contributed by atoms with van der Waals surface area (Å²) in [6.45, 7) is 10.2. The molecule has 0 radical (unpaired) electrons. The largest absolute Gasteiger partial charge is 0.313 e. The molecule has 3 heteroatoms. The summed E-state index contributed by atoms with van der Waals surface area (Å²) in [6.07, 6.45) is 8.82. The molecule has 0 aromatic carbocycles. The molecule has 0 amide bonds. The van der Waals surface area contributed by atoms with Crippen LogP contribution in [0.25, 0.3) is 0 Å². The van der Waals surface area contributed by atoms with Gasteiger partial charge < -0.3 is 5.32 Å². The van der Waals surface area contributed by atoms with Crippen molar-refractivity contribution in [2.45, 2.75) is 72.3 Å². The summed E-state index contributed by atoms with van der Waals surface area (Å²) in [7, 11) is 0. The van der Waals surface area contributed by atoms with E-state index < -0.39 is 0 Å². The van der Waals surface area contributed by atoms with Gasteiger partial charge >= 0.3 is 0 Å². The van der Waals surface area contributed by atoms with E-state index in [4.69, 9.17) is 0 Å². The normalized spacial score (nSPS) is 16.8. The standard InChI is InChI=1S/C17H29N3/c1-5-10-18-16(17(2,3)4)11-15-13-8-6-7-9-14(13)19-12-20-15/h12,16,18H,5-11H2,1-4H3. The van der Waals surface area contributed by atoms with Gasteiger partial charge in [0.25, 0.3) is 0 Å². The molecule has 0 spiro atoms. The van der Waals surface area contributed by atoms with Crippen molar-refractivity contribution < 1.29 is 0 Å². The van der Waals surface area contributed by atoms with Crippen molar-refractivity contribution in [2.75, 3.05) is 6.54 Å². The number of fused-ring (bicyclic) bond motifs is 1. The zero-order chi connectivity index (χ0) is 14.6. The molecule has 0 bridgehead atoms. The van der Waals surface area contributed by atoms with E-state index in [1.165, 1.54) is 36.2 Å². The van der Waals surface area contributed by atoms with E-state index in [1.54, 1.807) is 6.33 Å². The molecule has 0 aliphatic heterocycles. The number of aromatic nitrogens is 2. The Morgan fingerprint density at radius 2 is 1.95 bits per heavy atom. The van der Waals surface area contributed by atoms with Gasteiger partial charge in [-0.15, -0.1) is 0 Å². The van der Waals surface area contributed by atoms with Crippen LogP contribution in [0.15, 0.2) is 6.33 Å². The molecule has 1 atom stereocenters. The molecule has 0 fully saturated rings. The van der Waals surface area contributed by atoms with Crippen LogP contribution in [-0.2, 0) is 19.3 Å². The fourth-order valence-corrected chi connectivity index (χ4v) is 2.96. The summed E-state index contributed by atoms with van der Waals surface area (Å²) in [6, 6.07) is 0.475. The highest BCUT2D eigenvalue weighted by Crippen LogP contribution is 2.26. The quantitative estimate of drug-likeness (QED) is 0.896. The van der Waals surface area contributed by atoms with Gasteiger partial charge in [0.05, 0.1) is 0 Å². The van der Waals surface area contributed by atoms with E-state index in [9.17, 15) is 0 Å². The van der Waals surface area contributed by atoms with Crippen molar-refractivity contribution >= 4 is 0 Å². The lowest BCUT2D eigenvalue weighted by atomic mass is 9.82. The van der Waals surface area contributed by atoms with Gasteiger partial charge in [-0.25, -0.2) is 9.97 Å². The molecule has 1 N–H and O–H groups in total. The lowest BCUT2D eigenvalue weighted by molar-refractivity contribution is 0.264. The van der Waals surface area contributed by atoms with Crippen LogP contribution in [-0.4, -0.2) is 22.6 Å². The van der Waals surface area contributed by atoms with Gasteiger partial charge in [0.15, 0.2) is 0 Å². The van der Waals surface area contributed by atoms with Crippen LogP contribution in [0.3, 0.4) is 0 Å². The topological polar surface area (TPSA) is 37.8 Å². The van der Waals surface area contributed by atoms with Crippen LogP contribution in [0.1, 0.15) is 63.9 Å². The monoisotopic (exact) mass is 275 g/mol. The molecule has 0 saturated carbocycles. The van der Waals surface area contributed by atoms with E-state index in [0.29, 0.717) is 6.04 Å². The maximum absolute atomic E-state index is 4.60. The first-order valence-corrected chi connectivity index (χ1v) is 8.07. The van der Waals surface area contributed by atoms with Crippen LogP contribution < -0.4 is 5.32 Å². The second-order valence-electron chi connectivity index (χ2n) is 7.03. The predicted octanol–water partition coefficient (Wildman–Crippen LogP) is 3.31. The third-order valence-electron chi connectivity index (χ3n) is 4.30. The molecule has 1 aromatic rings. The maximum atomic E-state index is 4.60. The Kier molecular flexibility index (Phi) is 5.14. The van der Waals surface area contributed by atoms with E-state index in [2.05, 4.69) is 43.0 Å². The fourth-order valence-electron chi connectivity index (χ4n) is 2.96. The number of rotatable bonds is 5. The first-order valence-electron chi connectivity index (χ1n) is 8.07. The summed E-state index contributed by atoms with van der Waals surface area (Å²) < 4.78 is 0. The zero-order valence-electron chi connectivity index (χ0n) is 13.5. The molecule has 1 aliphatic carbocycles. The van der Waals surface area contributed by atoms with Gasteiger partial charge in [-0.3, -0.25) is 0 Å². The third kappa shape index (κ3) is 3.78. The molecule has 112 valence electrons. The van der Waals surface area contributed by atoms with Gasteiger partial charge in [0.1, 0.15) is 6.33 Å². The third-order valence-corrected chi connectivity index (χ3v) is 4.30. The molecular weight excluding hydrogens is 246 g/mol. The highest BCUT2D eigenvalue weighted by molar-refractivity contribution is 5.28. The molecule has 1 unspecified atom stereocenters. The first kappa shape index (κ1) is 15.4. The molecule has 2 rings (SSSR count). The summed E-state index contributed by atoms with van der Waals surface area (Å²) in [4.78, 5) is 9.08. The van der Waals surface area contributed by atoms with Gasteiger partial charge in [-0.1, -0.05) is 27.7 Å². The number of hydrogen-bond acceptors (Lipinski definition) is 3. The lowest BCUT2D eigenvalue weighted by Crippen LogP contribution is -2.42. The number of nitrogens with one attached hydrogen (secondary N) is 1. The van der Waals surface area contributed by atoms with Crippen molar-refractivity contribution in [2.24, 2.45) is 5.41 Å². The smallest absolute Gasteiger partial charge is 0.115 e. The Balaban J connectivity index is 2.18. The number of hydrogen-bond donors (Lipinski definition) is 1. The molecule has 0 saturated heterocycles. The fraction of sp³-hybridized carbons (Fsp3) is 0.765. The Labute approximate surface area is 123 Å². The van der Waals surface area contributed by atoms with Gasteiger partial charge in [0.2, 0.25) is 0 Å². The van der Waals surface area contributed by atoms with E-state index >= 15 is 0 Å². The minimum Gasteiger partial charge on any atom is -0.313 e. The molecule has 1 heterocycles. The molecule has 1 aromatic heterocycles. The highest BCUT2D eigenvalue weighted by atomic mass is 14.9. The van der Waals surface area contributed by atoms with Crippen molar-refractivity contribution in [1.29, 1.82) is 0 Å². The number of nitrogens with zero attached hydrogens (tertiary/aromatic N) is 2. The molecular formula is C17H29N3. The SMILES string of the molecule is CCCNC(Cc1ncnc2c1CCCC2)C(C)(C)C. The Bertz CT molecular complexity index is 434. The molecule has 3 nitrogen and oxygen atoms in total. The maximum Gasteiger partial charge on any atom is 0.115 e. The minimum atomic E-state index is 0.252. The second kappa shape index (κ2) is 6.66. The van der Waals surface area contributed by atoms with Crippen molar-refractivity contribution in [3.05, 3.63) is 23.3 Å². The van der Waals surface area contributed by atoms with Crippen LogP contribution in [0.2, 0.25) is 0 Å². The molecule has 20 heavy (non-hydrogen) atoms. The van der Waals surface area contributed by atoms with Gasteiger partial charge in [-0.2, -0.15) is 0 Å². The average Bonchev–Trinajstić information content (AvgIpc) is 2.42. The lowest BCUT2D eigenvalue weighted by Gasteiger charge is -2.32. The summed E-state index contributed by atoms with van der Waals surface area (Å²) in [5, 5.41) is 3.70. The Morgan fingerprint density at radius 3 is 2.65 bits per heavy atom. The zero-order valence-corrected chi connectivity index (χ0v) is 13.5. The minimum absolute atomic E-state index is 0.252. The highest BCUT2D eigenvalue weighted by Gasteiger charge is 2.26. The van der Waals surface area contributed by atoms with Crippen LogP contribution in [0.4, 0.5) is 0 Å². The van der Waals surface area contributed by atoms with Crippen molar-refractivity contribution in [3.8, 4) is 0 Å². The van der Waals surface area contributed by atoms with Gasteiger partial charge in [-0.05, 0) is 49.6 Å². The second-order valence-corrected chi connectivity index (χ2v) is 7.03. The van der Waals surface area contributed by atoms with Crippen LogP contribution in [0, 0.1) is 5.41 Å². The Hall–Kier alpha value is -0.960. The summed E-state index contributed by atoms with van der Waals surface area (Å²) >= 11 is 0. The van der Waals surface area contributed by atoms with Crippen LogP contribution >= 0.6 is 0 Å². The average molecular weight is 275 g/mol.